The number of amides is 3. The van der Waals surface area contributed by atoms with Crippen molar-refractivity contribution in [1.29, 1.82) is 0 Å². The lowest BCUT2D eigenvalue weighted by atomic mass is 10.1. The number of anilines is 3. The van der Waals surface area contributed by atoms with E-state index >= 15 is 0 Å². The van der Waals surface area contributed by atoms with Crippen LogP contribution in [0.3, 0.4) is 0 Å². The molecular weight excluding hydrogens is 419 g/mol. The van der Waals surface area contributed by atoms with Gasteiger partial charge in [0.25, 0.3) is 0 Å². The molecule has 9 nitrogen and oxygen atoms in total. The van der Waals surface area contributed by atoms with Crippen LogP contribution in [0.4, 0.5) is 27.1 Å². The van der Waals surface area contributed by atoms with E-state index in [0.717, 1.165) is 12.1 Å². The molecule has 11 heteroatoms. The number of benzene rings is 2. The number of halogens is 2. The lowest BCUT2D eigenvalue weighted by molar-refractivity contribution is -0.387. The van der Waals surface area contributed by atoms with E-state index in [1.54, 1.807) is 6.07 Å². The second-order valence-electron chi connectivity index (χ2n) is 6.66. The van der Waals surface area contributed by atoms with Crippen molar-refractivity contribution < 1.29 is 23.7 Å². The molecule has 1 aliphatic heterocycles. The third kappa shape index (κ3) is 4.54. The number of nitrogens with zero attached hydrogens (tertiary/aromatic N) is 2. The maximum atomic E-state index is 13.5. The van der Waals surface area contributed by atoms with Crippen molar-refractivity contribution >= 4 is 52.1 Å². The maximum Gasteiger partial charge on any atom is 0.306 e. The Morgan fingerprint density at radius 1 is 1.23 bits per heavy atom. The van der Waals surface area contributed by atoms with Crippen molar-refractivity contribution in [2.75, 3.05) is 22.1 Å². The van der Waals surface area contributed by atoms with Crippen LogP contribution in [-0.4, -0.2) is 29.2 Å². The predicted molar refractivity (Wildman–Crippen MR) is 108 cm³/mol. The summed E-state index contributed by atoms with van der Waals surface area (Å²) in [6, 6.07) is 7.67. The van der Waals surface area contributed by atoms with Crippen LogP contribution in [-0.2, 0) is 14.4 Å². The van der Waals surface area contributed by atoms with E-state index in [9.17, 15) is 28.9 Å². The van der Waals surface area contributed by atoms with Gasteiger partial charge in [-0.1, -0.05) is 11.6 Å². The monoisotopic (exact) mass is 434 g/mol. The zero-order valence-corrected chi connectivity index (χ0v) is 16.4. The number of hydrogen-bond acceptors (Lipinski definition) is 5. The van der Waals surface area contributed by atoms with E-state index < -0.39 is 34.2 Å². The van der Waals surface area contributed by atoms with Crippen LogP contribution >= 0.6 is 11.6 Å². The minimum Gasteiger partial charge on any atom is -0.326 e. The van der Waals surface area contributed by atoms with Gasteiger partial charge in [0.1, 0.15) is 0 Å². The third-order valence-corrected chi connectivity index (χ3v) is 4.79. The van der Waals surface area contributed by atoms with Crippen molar-refractivity contribution in [3.05, 3.63) is 57.4 Å². The summed E-state index contributed by atoms with van der Waals surface area (Å²) in [5, 5.41) is 16.3. The molecule has 1 aliphatic rings. The van der Waals surface area contributed by atoms with Crippen LogP contribution in [0, 0.1) is 21.8 Å². The number of nitrogens with one attached hydrogen (secondary N) is 2. The van der Waals surface area contributed by atoms with Gasteiger partial charge in [0.05, 0.1) is 27.2 Å². The molecule has 1 saturated heterocycles. The summed E-state index contributed by atoms with van der Waals surface area (Å²) in [5.74, 6) is -2.89. The highest BCUT2D eigenvalue weighted by molar-refractivity contribution is 6.34. The van der Waals surface area contributed by atoms with Gasteiger partial charge in [0, 0.05) is 31.6 Å². The van der Waals surface area contributed by atoms with Crippen LogP contribution < -0.4 is 15.5 Å². The van der Waals surface area contributed by atoms with E-state index in [0.29, 0.717) is 11.4 Å². The van der Waals surface area contributed by atoms with Crippen molar-refractivity contribution in [2.24, 2.45) is 5.92 Å². The van der Waals surface area contributed by atoms with Crippen LogP contribution in [0.15, 0.2) is 36.4 Å². The van der Waals surface area contributed by atoms with Gasteiger partial charge < -0.3 is 15.5 Å². The Hall–Kier alpha value is -3.53. The molecule has 0 aliphatic carbocycles. The summed E-state index contributed by atoms with van der Waals surface area (Å²) in [6.45, 7) is 1.33. The molecular formula is C19H16ClFN4O5. The highest BCUT2D eigenvalue weighted by Gasteiger charge is 2.36. The van der Waals surface area contributed by atoms with Gasteiger partial charge in [0.2, 0.25) is 23.5 Å². The smallest absolute Gasteiger partial charge is 0.306 e. The lowest BCUT2D eigenvalue weighted by Crippen LogP contribution is -2.28. The SMILES string of the molecule is CC(=O)Nc1ccc(NC(=O)C2CC(=O)N(c3ccc(F)c([N+](=O)[O-])c3)C2)c(Cl)c1. The highest BCUT2D eigenvalue weighted by Crippen LogP contribution is 2.31. The molecule has 0 spiro atoms. The summed E-state index contributed by atoms with van der Waals surface area (Å²) < 4.78 is 13.5. The Morgan fingerprint density at radius 2 is 1.97 bits per heavy atom. The molecule has 1 fully saturated rings. The van der Waals surface area contributed by atoms with Gasteiger partial charge in [-0.2, -0.15) is 4.39 Å². The van der Waals surface area contributed by atoms with Gasteiger partial charge in [0.15, 0.2) is 0 Å². The topological polar surface area (TPSA) is 122 Å². The van der Waals surface area contributed by atoms with Crippen LogP contribution in [0.5, 0.6) is 0 Å². The third-order valence-electron chi connectivity index (χ3n) is 4.48. The summed E-state index contributed by atoms with van der Waals surface area (Å²) in [4.78, 5) is 47.3. The normalized spacial score (nSPS) is 15.8. The first-order valence-electron chi connectivity index (χ1n) is 8.78. The Balaban J connectivity index is 1.72. The van der Waals surface area contributed by atoms with E-state index in [-0.39, 0.29) is 29.6 Å². The number of rotatable bonds is 5. The first kappa shape index (κ1) is 21.2. The van der Waals surface area contributed by atoms with E-state index in [4.69, 9.17) is 11.6 Å². The second-order valence-corrected chi connectivity index (χ2v) is 7.07. The molecule has 3 amide bonds. The van der Waals surface area contributed by atoms with Crippen LogP contribution in [0.1, 0.15) is 13.3 Å². The molecule has 1 atom stereocenters. The summed E-state index contributed by atoms with van der Waals surface area (Å²) in [5.41, 5.74) is 0.157. The Labute approximate surface area is 175 Å². The minimum absolute atomic E-state index is 0.0188. The standard InChI is InChI=1S/C19H16ClFN4O5/c1-10(26)22-12-2-5-16(14(20)7-12)23-19(28)11-6-18(27)24(9-11)13-3-4-15(21)17(8-13)25(29)30/h2-5,7-8,11H,6,9H2,1H3,(H,22,26)(H,23,28). The quantitative estimate of drug-likeness (QED) is 0.552. The largest absolute Gasteiger partial charge is 0.326 e. The van der Waals surface area contributed by atoms with Gasteiger partial charge >= 0.3 is 5.69 Å². The Kier molecular flexibility index (Phi) is 5.97. The molecule has 0 bridgehead atoms. The molecule has 2 N–H and O–H groups in total. The van der Waals surface area contributed by atoms with Gasteiger partial charge in [-0.25, -0.2) is 0 Å². The second kappa shape index (κ2) is 8.46. The predicted octanol–water partition coefficient (Wildman–Crippen LogP) is 3.34. The molecule has 2 aromatic carbocycles. The molecule has 2 aromatic rings. The average Bonchev–Trinajstić information content (AvgIpc) is 3.05. The summed E-state index contributed by atoms with van der Waals surface area (Å²) >= 11 is 6.14. The van der Waals surface area contributed by atoms with Gasteiger partial charge in [-0.05, 0) is 30.3 Å². The van der Waals surface area contributed by atoms with Crippen LogP contribution in [0.2, 0.25) is 5.02 Å². The zero-order valence-electron chi connectivity index (χ0n) is 15.6. The van der Waals surface area contributed by atoms with E-state index in [1.807, 2.05) is 0 Å². The number of hydrogen-bond donors (Lipinski definition) is 2. The fraction of sp³-hybridized carbons (Fsp3) is 0.211. The van der Waals surface area contributed by atoms with Gasteiger partial charge in [-0.3, -0.25) is 24.5 Å². The number of carbonyl (C=O) groups is 3. The lowest BCUT2D eigenvalue weighted by Gasteiger charge is -2.17. The van der Waals surface area contributed by atoms with Crippen molar-refractivity contribution in [3.8, 4) is 0 Å². The fourth-order valence-corrected chi connectivity index (χ4v) is 3.30. The molecule has 30 heavy (non-hydrogen) atoms. The van der Waals surface area contributed by atoms with E-state index in [2.05, 4.69) is 10.6 Å². The molecule has 0 radical (unpaired) electrons. The Morgan fingerprint density at radius 3 is 2.60 bits per heavy atom. The molecule has 156 valence electrons. The first-order valence-corrected chi connectivity index (χ1v) is 9.16. The van der Waals surface area contributed by atoms with Crippen molar-refractivity contribution in [1.82, 2.24) is 0 Å². The molecule has 1 unspecified atom stereocenters. The highest BCUT2D eigenvalue weighted by atomic mass is 35.5. The number of nitro groups is 1. The minimum atomic E-state index is -1.01. The molecule has 1 heterocycles. The maximum absolute atomic E-state index is 13.5. The van der Waals surface area contributed by atoms with Crippen LogP contribution in [0.25, 0.3) is 0 Å². The summed E-state index contributed by atoms with van der Waals surface area (Å²) in [7, 11) is 0. The molecule has 0 saturated carbocycles. The molecule has 0 aromatic heterocycles. The first-order chi connectivity index (χ1) is 14.2. The summed E-state index contributed by atoms with van der Waals surface area (Å²) in [6.07, 6.45) is -0.112. The number of nitro benzene ring substituents is 1. The zero-order chi connectivity index (χ0) is 22.0. The fourth-order valence-electron chi connectivity index (χ4n) is 3.07. The Bertz CT molecular complexity index is 1060. The number of carbonyl (C=O) groups excluding carboxylic acids is 3. The average molecular weight is 435 g/mol. The molecule has 3 rings (SSSR count). The van der Waals surface area contributed by atoms with Gasteiger partial charge in [-0.15, -0.1) is 0 Å². The van der Waals surface area contributed by atoms with E-state index in [1.165, 1.54) is 30.0 Å². The van der Waals surface area contributed by atoms with Crippen molar-refractivity contribution in [3.63, 3.8) is 0 Å². The van der Waals surface area contributed by atoms with Crippen molar-refractivity contribution in [2.45, 2.75) is 13.3 Å².